The monoisotopic (exact) mass is 265 g/mol. The molecule has 3 N–H and O–H groups in total. The summed E-state index contributed by atoms with van der Waals surface area (Å²) in [7, 11) is 0. The van der Waals surface area contributed by atoms with Crippen molar-refractivity contribution < 1.29 is 10.0 Å². The Morgan fingerprint density at radius 3 is 2.84 bits per heavy atom. The molecule has 1 saturated heterocycles. The normalized spacial score (nSPS) is 20.1. The molecule has 1 aliphatic rings. The molecule has 0 amide bonds. The Kier molecular flexibility index (Phi) is 4.21. The van der Waals surface area contributed by atoms with Crippen molar-refractivity contribution in [1.82, 2.24) is 0 Å². The summed E-state index contributed by atoms with van der Waals surface area (Å²) in [5.41, 5.74) is 6.84. The first-order valence-electron chi connectivity index (χ1n) is 6.54. The van der Waals surface area contributed by atoms with E-state index in [0.29, 0.717) is 5.69 Å². The van der Waals surface area contributed by atoms with Gasteiger partial charge in [0, 0.05) is 30.1 Å². The van der Waals surface area contributed by atoms with Crippen molar-refractivity contribution in [1.29, 1.82) is 0 Å². The van der Waals surface area contributed by atoms with Crippen LogP contribution in [0, 0.1) is 10.1 Å². The summed E-state index contributed by atoms with van der Waals surface area (Å²) in [5, 5.41) is 20.4. The van der Waals surface area contributed by atoms with E-state index in [1.54, 1.807) is 6.07 Å². The van der Waals surface area contributed by atoms with Crippen LogP contribution in [-0.4, -0.2) is 29.2 Å². The maximum Gasteiger partial charge on any atom is 0.273 e. The van der Waals surface area contributed by atoms with E-state index in [2.05, 4.69) is 0 Å². The maximum absolute atomic E-state index is 10.9. The third-order valence-corrected chi connectivity index (χ3v) is 3.56. The number of nitro groups is 1. The fourth-order valence-corrected chi connectivity index (χ4v) is 2.60. The summed E-state index contributed by atoms with van der Waals surface area (Å²) in [4.78, 5) is 12.5. The van der Waals surface area contributed by atoms with Gasteiger partial charge in [0.25, 0.3) is 5.69 Å². The zero-order valence-electron chi connectivity index (χ0n) is 10.8. The van der Waals surface area contributed by atoms with Gasteiger partial charge in [0.2, 0.25) is 0 Å². The summed E-state index contributed by atoms with van der Waals surface area (Å²) in [6.45, 7) is 0.856. The van der Waals surface area contributed by atoms with Crippen LogP contribution in [0.4, 0.5) is 17.1 Å². The van der Waals surface area contributed by atoms with Crippen LogP contribution in [0.1, 0.15) is 25.7 Å². The summed E-state index contributed by atoms with van der Waals surface area (Å²) in [6, 6.07) is 4.64. The Labute approximate surface area is 112 Å². The van der Waals surface area contributed by atoms with Gasteiger partial charge >= 0.3 is 0 Å². The Balaban J connectivity index is 2.34. The number of rotatable bonds is 3. The molecule has 2 rings (SSSR count). The molecular weight excluding hydrogens is 246 g/mol. The molecule has 0 aliphatic carbocycles. The lowest BCUT2D eigenvalue weighted by molar-refractivity contribution is -0.384. The first kappa shape index (κ1) is 13.6. The van der Waals surface area contributed by atoms with E-state index in [9.17, 15) is 15.2 Å². The highest BCUT2D eigenvalue weighted by Gasteiger charge is 2.22. The van der Waals surface area contributed by atoms with Crippen LogP contribution in [-0.2, 0) is 0 Å². The van der Waals surface area contributed by atoms with Crippen molar-refractivity contribution in [2.24, 2.45) is 0 Å². The fourth-order valence-electron chi connectivity index (χ4n) is 2.60. The number of hydrogen-bond acceptors (Lipinski definition) is 5. The van der Waals surface area contributed by atoms with Crippen molar-refractivity contribution in [3.63, 3.8) is 0 Å². The summed E-state index contributed by atoms with van der Waals surface area (Å²) in [5.74, 6) is 0. The number of nitro benzene ring substituents is 1. The molecule has 1 heterocycles. The van der Waals surface area contributed by atoms with Gasteiger partial charge in [0.1, 0.15) is 0 Å². The molecule has 1 unspecified atom stereocenters. The Morgan fingerprint density at radius 2 is 2.16 bits per heavy atom. The molecule has 104 valence electrons. The maximum atomic E-state index is 10.9. The third kappa shape index (κ3) is 3.14. The predicted octanol–water partition coefficient (Wildman–Crippen LogP) is 1.92. The SMILES string of the molecule is Nc1cc(N2CCCCCC2CO)cc([N+](=O)[O-])c1. The van der Waals surface area contributed by atoms with E-state index >= 15 is 0 Å². The number of nitrogens with two attached hydrogens (primary N) is 1. The first-order chi connectivity index (χ1) is 9.11. The quantitative estimate of drug-likeness (QED) is 0.495. The number of aliphatic hydroxyl groups is 1. The van der Waals surface area contributed by atoms with Gasteiger partial charge < -0.3 is 15.7 Å². The lowest BCUT2D eigenvalue weighted by atomic mass is 10.1. The molecule has 1 atom stereocenters. The lowest BCUT2D eigenvalue weighted by Crippen LogP contribution is -2.37. The number of nitrogen functional groups attached to an aromatic ring is 1. The minimum Gasteiger partial charge on any atom is -0.398 e. The third-order valence-electron chi connectivity index (χ3n) is 3.56. The van der Waals surface area contributed by atoms with Crippen LogP contribution in [0.2, 0.25) is 0 Å². The van der Waals surface area contributed by atoms with Crippen LogP contribution >= 0.6 is 0 Å². The first-order valence-corrected chi connectivity index (χ1v) is 6.54. The van der Waals surface area contributed by atoms with Crippen molar-refractivity contribution in [3.8, 4) is 0 Å². The molecule has 1 fully saturated rings. The highest BCUT2D eigenvalue weighted by molar-refractivity contribution is 5.63. The van der Waals surface area contributed by atoms with Crippen LogP contribution < -0.4 is 10.6 Å². The number of non-ortho nitro benzene ring substituents is 1. The molecule has 0 bridgehead atoms. The number of aliphatic hydroxyl groups excluding tert-OH is 1. The van der Waals surface area contributed by atoms with Crippen LogP contribution in [0.15, 0.2) is 18.2 Å². The highest BCUT2D eigenvalue weighted by atomic mass is 16.6. The van der Waals surface area contributed by atoms with Gasteiger partial charge in [0.05, 0.1) is 17.6 Å². The molecule has 6 nitrogen and oxygen atoms in total. The molecule has 1 aromatic carbocycles. The minimum atomic E-state index is -0.439. The molecule has 0 spiro atoms. The second kappa shape index (κ2) is 5.88. The number of anilines is 2. The average molecular weight is 265 g/mol. The molecule has 1 aromatic rings. The van der Waals surface area contributed by atoms with Gasteiger partial charge in [-0.3, -0.25) is 10.1 Å². The summed E-state index contributed by atoms with van der Waals surface area (Å²) in [6.07, 6.45) is 4.13. The van der Waals surface area contributed by atoms with E-state index in [4.69, 9.17) is 5.73 Å². The molecule has 6 heteroatoms. The summed E-state index contributed by atoms with van der Waals surface area (Å²) >= 11 is 0. The fraction of sp³-hybridized carbons (Fsp3) is 0.538. The standard InChI is InChI=1S/C13H19N3O3/c14-10-6-12(8-13(7-10)16(18)19)15-5-3-1-2-4-11(15)9-17/h6-8,11,17H,1-5,9,14H2. The number of nitrogens with zero attached hydrogens (tertiary/aromatic N) is 2. The van der Waals surface area contributed by atoms with E-state index in [-0.39, 0.29) is 18.3 Å². The van der Waals surface area contributed by atoms with Gasteiger partial charge in [-0.05, 0) is 18.9 Å². The van der Waals surface area contributed by atoms with E-state index < -0.39 is 4.92 Å². The van der Waals surface area contributed by atoms with Crippen molar-refractivity contribution in [3.05, 3.63) is 28.3 Å². The molecule has 0 saturated carbocycles. The van der Waals surface area contributed by atoms with Crippen LogP contribution in [0.5, 0.6) is 0 Å². The average Bonchev–Trinajstić information content (AvgIpc) is 2.62. The smallest absolute Gasteiger partial charge is 0.273 e. The lowest BCUT2D eigenvalue weighted by Gasteiger charge is -2.30. The second-order valence-corrected chi connectivity index (χ2v) is 4.92. The van der Waals surface area contributed by atoms with E-state index in [1.165, 1.54) is 12.1 Å². The van der Waals surface area contributed by atoms with E-state index in [1.807, 2.05) is 4.90 Å². The topological polar surface area (TPSA) is 92.6 Å². The largest absolute Gasteiger partial charge is 0.398 e. The zero-order chi connectivity index (χ0) is 13.8. The van der Waals surface area contributed by atoms with Gasteiger partial charge in [-0.15, -0.1) is 0 Å². The van der Waals surface area contributed by atoms with Crippen molar-refractivity contribution in [2.75, 3.05) is 23.8 Å². The van der Waals surface area contributed by atoms with Gasteiger partial charge in [-0.1, -0.05) is 12.8 Å². The highest BCUT2D eigenvalue weighted by Crippen LogP contribution is 2.29. The molecule has 19 heavy (non-hydrogen) atoms. The van der Waals surface area contributed by atoms with Gasteiger partial charge in [0.15, 0.2) is 0 Å². The minimum absolute atomic E-state index is 0.00376. The second-order valence-electron chi connectivity index (χ2n) is 4.92. The molecular formula is C13H19N3O3. The molecule has 0 aromatic heterocycles. The Bertz CT molecular complexity index is 464. The van der Waals surface area contributed by atoms with Gasteiger partial charge in [-0.25, -0.2) is 0 Å². The van der Waals surface area contributed by atoms with Gasteiger partial charge in [-0.2, -0.15) is 0 Å². The van der Waals surface area contributed by atoms with E-state index in [0.717, 1.165) is 37.9 Å². The Morgan fingerprint density at radius 1 is 1.37 bits per heavy atom. The van der Waals surface area contributed by atoms with Crippen molar-refractivity contribution >= 4 is 17.1 Å². The molecule has 0 radical (unpaired) electrons. The van der Waals surface area contributed by atoms with Crippen LogP contribution in [0.3, 0.4) is 0 Å². The molecule has 1 aliphatic heterocycles. The Hall–Kier alpha value is -1.82. The summed E-state index contributed by atoms with van der Waals surface area (Å²) < 4.78 is 0. The number of benzene rings is 1. The van der Waals surface area contributed by atoms with Crippen LogP contribution in [0.25, 0.3) is 0 Å². The van der Waals surface area contributed by atoms with Crippen molar-refractivity contribution in [2.45, 2.75) is 31.7 Å². The predicted molar refractivity (Wildman–Crippen MR) is 74.2 cm³/mol. The zero-order valence-corrected chi connectivity index (χ0v) is 10.8. The number of hydrogen-bond donors (Lipinski definition) is 2.